The van der Waals surface area contributed by atoms with Crippen molar-refractivity contribution in [2.24, 2.45) is 0 Å². The fourth-order valence-corrected chi connectivity index (χ4v) is 1.46. The predicted octanol–water partition coefficient (Wildman–Crippen LogP) is 1.97. The molecule has 0 bridgehead atoms. The van der Waals surface area contributed by atoms with Gasteiger partial charge < -0.3 is 5.11 Å². The Morgan fingerprint density at radius 2 is 1.93 bits per heavy atom. The number of thioether (sulfide) groups is 1. The Morgan fingerprint density at radius 1 is 1.20 bits per heavy atom. The number of aromatic nitrogens is 3. The molecule has 5 heteroatoms. The van der Waals surface area contributed by atoms with Crippen molar-refractivity contribution in [2.45, 2.75) is 5.16 Å². The summed E-state index contributed by atoms with van der Waals surface area (Å²) in [7, 11) is 0. The Balaban J connectivity index is 2.40. The second kappa shape index (κ2) is 4.27. The molecule has 0 aliphatic carbocycles. The van der Waals surface area contributed by atoms with Gasteiger partial charge in [-0.05, 0) is 30.5 Å². The van der Waals surface area contributed by atoms with Crippen LogP contribution in [-0.2, 0) is 0 Å². The van der Waals surface area contributed by atoms with Gasteiger partial charge in [0.15, 0.2) is 0 Å². The average molecular weight is 219 g/mol. The van der Waals surface area contributed by atoms with E-state index in [9.17, 15) is 0 Å². The molecule has 0 fully saturated rings. The molecule has 1 heterocycles. The van der Waals surface area contributed by atoms with Gasteiger partial charge >= 0.3 is 0 Å². The van der Waals surface area contributed by atoms with Crippen LogP contribution in [0.4, 0.5) is 0 Å². The van der Waals surface area contributed by atoms with Crippen LogP contribution in [0.3, 0.4) is 0 Å². The van der Waals surface area contributed by atoms with E-state index in [0.29, 0.717) is 5.16 Å². The summed E-state index contributed by atoms with van der Waals surface area (Å²) >= 11 is 1.45. The van der Waals surface area contributed by atoms with Crippen molar-refractivity contribution >= 4 is 11.8 Å². The largest absolute Gasteiger partial charge is 0.508 e. The van der Waals surface area contributed by atoms with Gasteiger partial charge in [-0.15, -0.1) is 5.10 Å². The molecule has 2 rings (SSSR count). The summed E-state index contributed by atoms with van der Waals surface area (Å²) < 4.78 is 0. The van der Waals surface area contributed by atoms with Crippen LogP contribution < -0.4 is 0 Å². The first kappa shape index (κ1) is 9.92. The molecular weight excluding hydrogens is 210 g/mol. The molecule has 76 valence electrons. The molecule has 15 heavy (non-hydrogen) atoms. The van der Waals surface area contributed by atoms with Crippen molar-refractivity contribution in [2.75, 3.05) is 6.26 Å². The van der Waals surface area contributed by atoms with Gasteiger partial charge in [0.1, 0.15) is 5.75 Å². The topological polar surface area (TPSA) is 58.9 Å². The summed E-state index contributed by atoms with van der Waals surface area (Å²) in [5, 5.41) is 17.5. The minimum absolute atomic E-state index is 0.242. The van der Waals surface area contributed by atoms with E-state index in [2.05, 4.69) is 15.2 Å². The maximum atomic E-state index is 9.15. The van der Waals surface area contributed by atoms with E-state index in [1.54, 1.807) is 30.5 Å². The van der Waals surface area contributed by atoms with E-state index in [4.69, 9.17) is 5.11 Å². The van der Waals surface area contributed by atoms with Crippen molar-refractivity contribution in [3.05, 3.63) is 30.5 Å². The molecule has 0 radical (unpaired) electrons. The Hall–Kier alpha value is -1.62. The van der Waals surface area contributed by atoms with Gasteiger partial charge in [0.05, 0.1) is 11.9 Å². The first-order valence-electron chi connectivity index (χ1n) is 4.33. The summed E-state index contributed by atoms with van der Waals surface area (Å²) in [6.45, 7) is 0. The summed E-state index contributed by atoms with van der Waals surface area (Å²) in [4.78, 5) is 4.30. The number of aromatic hydroxyl groups is 1. The summed E-state index contributed by atoms with van der Waals surface area (Å²) in [6.07, 6.45) is 3.50. The number of hydrogen-bond acceptors (Lipinski definition) is 5. The molecule has 0 unspecified atom stereocenters. The van der Waals surface area contributed by atoms with E-state index in [1.807, 2.05) is 6.26 Å². The molecule has 0 spiro atoms. The second-order valence-electron chi connectivity index (χ2n) is 2.88. The van der Waals surface area contributed by atoms with Crippen LogP contribution in [-0.4, -0.2) is 26.5 Å². The molecule has 0 atom stereocenters. The fourth-order valence-electron chi connectivity index (χ4n) is 1.14. The molecule has 0 saturated carbocycles. The maximum Gasteiger partial charge on any atom is 0.209 e. The van der Waals surface area contributed by atoms with Gasteiger partial charge in [-0.1, -0.05) is 11.8 Å². The summed E-state index contributed by atoms with van der Waals surface area (Å²) in [5.41, 5.74) is 1.67. The highest BCUT2D eigenvalue weighted by atomic mass is 32.2. The van der Waals surface area contributed by atoms with Gasteiger partial charge in [0.25, 0.3) is 0 Å². The molecule has 1 aromatic carbocycles. The number of rotatable bonds is 2. The van der Waals surface area contributed by atoms with Gasteiger partial charge in [0, 0.05) is 5.56 Å². The predicted molar refractivity (Wildman–Crippen MR) is 58.7 cm³/mol. The minimum Gasteiger partial charge on any atom is -0.508 e. The maximum absolute atomic E-state index is 9.15. The third-order valence-electron chi connectivity index (χ3n) is 1.89. The van der Waals surface area contributed by atoms with Crippen LogP contribution in [0.25, 0.3) is 11.3 Å². The number of hydrogen-bond donors (Lipinski definition) is 1. The summed E-state index contributed by atoms with van der Waals surface area (Å²) in [5.74, 6) is 0.242. The molecule has 4 nitrogen and oxygen atoms in total. The molecule has 0 aliphatic heterocycles. The average Bonchev–Trinajstić information content (AvgIpc) is 2.30. The van der Waals surface area contributed by atoms with E-state index in [1.165, 1.54) is 11.8 Å². The number of phenols is 1. The first-order valence-corrected chi connectivity index (χ1v) is 5.55. The van der Waals surface area contributed by atoms with Gasteiger partial charge in [0.2, 0.25) is 5.16 Å². The van der Waals surface area contributed by atoms with Gasteiger partial charge in [-0.3, -0.25) is 0 Å². The molecule has 2 aromatic rings. The Kier molecular flexibility index (Phi) is 2.82. The Bertz CT molecular complexity index is 458. The second-order valence-corrected chi connectivity index (χ2v) is 3.65. The van der Waals surface area contributed by atoms with E-state index in [0.717, 1.165) is 11.3 Å². The Labute approximate surface area is 91.4 Å². The number of phenolic OH excluding ortho intramolecular Hbond substituents is 1. The van der Waals surface area contributed by atoms with E-state index in [-0.39, 0.29) is 5.75 Å². The number of benzene rings is 1. The zero-order valence-electron chi connectivity index (χ0n) is 8.08. The van der Waals surface area contributed by atoms with Crippen LogP contribution in [0, 0.1) is 0 Å². The van der Waals surface area contributed by atoms with Crippen LogP contribution in [0.2, 0.25) is 0 Å². The standard InChI is InChI=1S/C10H9N3OS/c1-15-10-12-9(6-11-13-10)7-2-4-8(14)5-3-7/h2-6,14H,1H3. The zero-order chi connectivity index (χ0) is 10.7. The lowest BCUT2D eigenvalue weighted by Crippen LogP contribution is -1.92. The van der Waals surface area contributed by atoms with Gasteiger partial charge in [-0.2, -0.15) is 5.10 Å². The highest BCUT2D eigenvalue weighted by Crippen LogP contribution is 2.20. The van der Waals surface area contributed by atoms with Crippen molar-refractivity contribution < 1.29 is 5.11 Å². The van der Waals surface area contributed by atoms with Crippen molar-refractivity contribution in [3.8, 4) is 17.0 Å². The smallest absolute Gasteiger partial charge is 0.209 e. The minimum atomic E-state index is 0.242. The molecule has 1 N–H and O–H groups in total. The zero-order valence-corrected chi connectivity index (χ0v) is 8.90. The first-order chi connectivity index (χ1) is 7.29. The van der Waals surface area contributed by atoms with Crippen molar-refractivity contribution in [3.63, 3.8) is 0 Å². The van der Waals surface area contributed by atoms with E-state index < -0.39 is 0 Å². The monoisotopic (exact) mass is 219 g/mol. The summed E-state index contributed by atoms with van der Waals surface area (Å²) in [6, 6.07) is 6.83. The lowest BCUT2D eigenvalue weighted by atomic mass is 10.1. The normalized spacial score (nSPS) is 10.2. The third-order valence-corrected chi connectivity index (χ3v) is 2.42. The molecule has 0 aliphatic rings. The number of nitrogens with zero attached hydrogens (tertiary/aromatic N) is 3. The van der Waals surface area contributed by atoms with Crippen LogP contribution >= 0.6 is 11.8 Å². The highest BCUT2D eigenvalue weighted by Gasteiger charge is 2.02. The van der Waals surface area contributed by atoms with Crippen LogP contribution in [0.15, 0.2) is 35.6 Å². The fraction of sp³-hybridized carbons (Fsp3) is 0.100. The third kappa shape index (κ3) is 2.24. The van der Waals surface area contributed by atoms with Gasteiger partial charge in [-0.25, -0.2) is 4.98 Å². The van der Waals surface area contributed by atoms with E-state index >= 15 is 0 Å². The SMILES string of the molecule is CSc1nncc(-c2ccc(O)cc2)n1. The lowest BCUT2D eigenvalue weighted by molar-refractivity contribution is 0.475. The van der Waals surface area contributed by atoms with Crippen molar-refractivity contribution in [1.82, 2.24) is 15.2 Å². The lowest BCUT2D eigenvalue weighted by Gasteiger charge is -2.00. The molecule has 0 amide bonds. The molecule has 0 saturated heterocycles. The molecule has 1 aromatic heterocycles. The highest BCUT2D eigenvalue weighted by molar-refractivity contribution is 7.98. The van der Waals surface area contributed by atoms with Crippen molar-refractivity contribution in [1.29, 1.82) is 0 Å². The quantitative estimate of drug-likeness (QED) is 0.782. The Morgan fingerprint density at radius 3 is 2.60 bits per heavy atom. The van der Waals surface area contributed by atoms with Crippen LogP contribution in [0.5, 0.6) is 5.75 Å². The molecular formula is C10H9N3OS. The van der Waals surface area contributed by atoms with Crippen LogP contribution in [0.1, 0.15) is 0 Å².